The Morgan fingerprint density at radius 3 is 2.42 bits per heavy atom. The third kappa shape index (κ3) is 4.43. The zero-order valence-electron chi connectivity index (χ0n) is 14.4. The Kier molecular flexibility index (Phi) is 6.11. The molecular formula is C20H23N3O. The Hall–Kier alpha value is -2.64. The van der Waals surface area contributed by atoms with Gasteiger partial charge in [-0.05, 0) is 43.7 Å². The number of aryl methyl sites for hydroxylation is 1. The van der Waals surface area contributed by atoms with Crippen LogP contribution in [0.1, 0.15) is 30.5 Å². The van der Waals surface area contributed by atoms with E-state index in [1.54, 1.807) is 24.3 Å². The molecule has 0 aliphatic carbocycles. The predicted octanol–water partition coefficient (Wildman–Crippen LogP) is 3.58. The quantitative estimate of drug-likeness (QED) is 0.885. The van der Waals surface area contributed by atoms with Crippen LogP contribution in [-0.2, 0) is 17.8 Å². The number of nitrogens with one attached hydrogen (secondary N) is 1. The highest BCUT2D eigenvalue weighted by Crippen LogP contribution is 2.15. The Morgan fingerprint density at radius 2 is 1.79 bits per heavy atom. The van der Waals surface area contributed by atoms with Gasteiger partial charge in [-0.3, -0.25) is 9.69 Å². The molecular weight excluding hydrogens is 298 g/mol. The van der Waals surface area contributed by atoms with Gasteiger partial charge in [0.15, 0.2) is 0 Å². The van der Waals surface area contributed by atoms with E-state index < -0.39 is 0 Å². The van der Waals surface area contributed by atoms with E-state index in [0.29, 0.717) is 17.8 Å². The summed E-state index contributed by atoms with van der Waals surface area (Å²) in [6.45, 7) is 4.69. The lowest BCUT2D eigenvalue weighted by Crippen LogP contribution is -2.39. The standard InChI is InChI=1S/C20H23N3O/c1-4-16-9-11-17(12-10-16)14-23(3)15(2)20(24)22-19-8-6-5-7-18(19)13-21/h5-12,15H,4,14H2,1-3H3,(H,22,24)/t15-/m1/s1. The van der Waals surface area contributed by atoms with Crippen molar-refractivity contribution in [1.82, 2.24) is 4.90 Å². The van der Waals surface area contributed by atoms with Crippen molar-refractivity contribution in [2.24, 2.45) is 0 Å². The van der Waals surface area contributed by atoms with Crippen LogP contribution in [0.25, 0.3) is 0 Å². The van der Waals surface area contributed by atoms with Crippen LogP contribution < -0.4 is 5.32 Å². The van der Waals surface area contributed by atoms with E-state index >= 15 is 0 Å². The molecule has 0 radical (unpaired) electrons. The van der Waals surface area contributed by atoms with Crippen LogP contribution in [0.15, 0.2) is 48.5 Å². The first-order valence-electron chi connectivity index (χ1n) is 8.13. The molecule has 4 heteroatoms. The van der Waals surface area contributed by atoms with Crippen molar-refractivity contribution in [3.05, 3.63) is 65.2 Å². The molecule has 0 saturated heterocycles. The van der Waals surface area contributed by atoms with E-state index in [9.17, 15) is 4.79 Å². The summed E-state index contributed by atoms with van der Waals surface area (Å²) in [4.78, 5) is 14.4. The minimum atomic E-state index is -0.303. The normalized spacial score (nSPS) is 11.8. The molecule has 0 heterocycles. The first kappa shape index (κ1) is 17.7. The number of amides is 1. The van der Waals surface area contributed by atoms with Crippen molar-refractivity contribution in [2.45, 2.75) is 32.9 Å². The minimum absolute atomic E-state index is 0.120. The molecule has 0 aromatic heterocycles. The number of nitrogens with zero attached hydrogens (tertiary/aromatic N) is 2. The fourth-order valence-corrected chi connectivity index (χ4v) is 2.43. The highest BCUT2D eigenvalue weighted by atomic mass is 16.2. The van der Waals surface area contributed by atoms with E-state index in [-0.39, 0.29) is 11.9 Å². The van der Waals surface area contributed by atoms with Gasteiger partial charge in [-0.25, -0.2) is 0 Å². The van der Waals surface area contributed by atoms with Crippen LogP contribution >= 0.6 is 0 Å². The number of para-hydroxylation sites is 1. The largest absolute Gasteiger partial charge is 0.324 e. The third-order valence-electron chi connectivity index (χ3n) is 4.21. The average molecular weight is 321 g/mol. The van der Waals surface area contributed by atoms with Crippen LogP contribution in [-0.4, -0.2) is 23.9 Å². The minimum Gasteiger partial charge on any atom is -0.324 e. The lowest BCUT2D eigenvalue weighted by molar-refractivity contribution is -0.120. The number of likely N-dealkylation sites (N-methyl/N-ethyl adjacent to an activating group) is 1. The smallest absolute Gasteiger partial charge is 0.241 e. The van der Waals surface area contributed by atoms with Gasteiger partial charge in [0.25, 0.3) is 0 Å². The van der Waals surface area contributed by atoms with Crippen molar-refractivity contribution in [1.29, 1.82) is 5.26 Å². The van der Waals surface area contributed by atoms with Crippen molar-refractivity contribution < 1.29 is 4.79 Å². The van der Waals surface area contributed by atoms with Crippen molar-refractivity contribution in [3.8, 4) is 6.07 Å². The summed E-state index contributed by atoms with van der Waals surface area (Å²) in [7, 11) is 1.92. The number of hydrogen-bond donors (Lipinski definition) is 1. The lowest BCUT2D eigenvalue weighted by atomic mass is 10.1. The fraction of sp³-hybridized carbons (Fsp3) is 0.300. The fourth-order valence-electron chi connectivity index (χ4n) is 2.43. The number of nitriles is 1. The summed E-state index contributed by atoms with van der Waals surface area (Å²) in [5.74, 6) is -0.120. The molecule has 0 saturated carbocycles. The third-order valence-corrected chi connectivity index (χ3v) is 4.21. The van der Waals surface area contributed by atoms with Gasteiger partial charge in [-0.1, -0.05) is 43.3 Å². The molecule has 2 aromatic carbocycles. The van der Waals surface area contributed by atoms with Crippen LogP contribution in [0.2, 0.25) is 0 Å². The molecule has 0 spiro atoms. The van der Waals surface area contributed by atoms with Crippen molar-refractivity contribution in [2.75, 3.05) is 12.4 Å². The average Bonchev–Trinajstić information content (AvgIpc) is 2.62. The Balaban J connectivity index is 2.00. The number of carbonyl (C=O) groups excluding carboxylic acids is 1. The number of benzene rings is 2. The van der Waals surface area contributed by atoms with Gasteiger partial charge in [0.2, 0.25) is 5.91 Å². The highest BCUT2D eigenvalue weighted by molar-refractivity contribution is 5.95. The molecule has 0 aliphatic rings. The maximum absolute atomic E-state index is 12.5. The molecule has 2 rings (SSSR count). The second-order valence-electron chi connectivity index (χ2n) is 5.91. The summed E-state index contributed by atoms with van der Waals surface area (Å²) in [5, 5.41) is 11.9. The molecule has 0 bridgehead atoms. The number of rotatable bonds is 6. The van der Waals surface area contributed by atoms with Crippen LogP contribution in [0.5, 0.6) is 0 Å². The van der Waals surface area contributed by atoms with Crippen LogP contribution in [0, 0.1) is 11.3 Å². The molecule has 0 aliphatic heterocycles. The summed E-state index contributed by atoms with van der Waals surface area (Å²) in [5.41, 5.74) is 3.50. The van der Waals surface area contributed by atoms with Crippen LogP contribution in [0.3, 0.4) is 0 Å². The lowest BCUT2D eigenvalue weighted by Gasteiger charge is -2.24. The van der Waals surface area contributed by atoms with Gasteiger partial charge in [-0.15, -0.1) is 0 Å². The van der Waals surface area contributed by atoms with Gasteiger partial charge in [0, 0.05) is 6.54 Å². The molecule has 1 atom stereocenters. The van der Waals surface area contributed by atoms with E-state index in [4.69, 9.17) is 5.26 Å². The number of anilines is 1. The molecule has 0 unspecified atom stereocenters. The summed E-state index contributed by atoms with van der Waals surface area (Å²) in [6, 6.07) is 17.3. The monoisotopic (exact) mass is 321 g/mol. The zero-order chi connectivity index (χ0) is 17.5. The number of carbonyl (C=O) groups is 1. The van der Waals surface area contributed by atoms with E-state index in [2.05, 4.69) is 42.6 Å². The molecule has 4 nitrogen and oxygen atoms in total. The van der Waals surface area contributed by atoms with Gasteiger partial charge in [0.1, 0.15) is 6.07 Å². The summed E-state index contributed by atoms with van der Waals surface area (Å²) < 4.78 is 0. The maximum atomic E-state index is 12.5. The number of hydrogen-bond acceptors (Lipinski definition) is 3. The molecule has 124 valence electrons. The molecule has 2 aromatic rings. The summed E-state index contributed by atoms with van der Waals surface area (Å²) in [6.07, 6.45) is 1.02. The highest BCUT2D eigenvalue weighted by Gasteiger charge is 2.19. The second-order valence-corrected chi connectivity index (χ2v) is 5.91. The molecule has 24 heavy (non-hydrogen) atoms. The van der Waals surface area contributed by atoms with Crippen molar-refractivity contribution in [3.63, 3.8) is 0 Å². The zero-order valence-corrected chi connectivity index (χ0v) is 14.4. The van der Waals surface area contributed by atoms with E-state index in [1.165, 1.54) is 11.1 Å². The molecule has 1 amide bonds. The maximum Gasteiger partial charge on any atom is 0.241 e. The van der Waals surface area contributed by atoms with Crippen LogP contribution in [0.4, 0.5) is 5.69 Å². The van der Waals surface area contributed by atoms with Crippen molar-refractivity contribution >= 4 is 11.6 Å². The Bertz CT molecular complexity index is 731. The van der Waals surface area contributed by atoms with E-state index in [1.807, 2.05) is 18.9 Å². The van der Waals surface area contributed by atoms with Gasteiger partial charge < -0.3 is 5.32 Å². The van der Waals surface area contributed by atoms with Gasteiger partial charge >= 0.3 is 0 Å². The first-order chi connectivity index (χ1) is 11.5. The Morgan fingerprint density at radius 1 is 1.17 bits per heavy atom. The van der Waals surface area contributed by atoms with E-state index in [0.717, 1.165) is 6.42 Å². The Labute approximate surface area is 143 Å². The molecule has 1 N–H and O–H groups in total. The summed E-state index contributed by atoms with van der Waals surface area (Å²) >= 11 is 0. The molecule has 0 fully saturated rings. The SMILES string of the molecule is CCc1ccc(CN(C)[C@H](C)C(=O)Nc2ccccc2C#N)cc1. The topological polar surface area (TPSA) is 56.1 Å². The predicted molar refractivity (Wildman–Crippen MR) is 96.5 cm³/mol. The van der Waals surface area contributed by atoms with Gasteiger partial charge in [0.05, 0.1) is 17.3 Å². The first-order valence-corrected chi connectivity index (χ1v) is 8.13. The van der Waals surface area contributed by atoms with Gasteiger partial charge in [-0.2, -0.15) is 5.26 Å². The second kappa shape index (κ2) is 8.28.